The highest BCUT2D eigenvalue weighted by Crippen LogP contribution is 2.39. The molecule has 0 saturated heterocycles. The third kappa shape index (κ3) is 2.39. The summed E-state index contributed by atoms with van der Waals surface area (Å²) in [6, 6.07) is 21.1. The van der Waals surface area contributed by atoms with E-state index in [0.717, 1.165) is 32.7 Å². The van der Waals surface area contributed by atoms with Gasteiger partial charge in [-0.25, -0.2) is 4.79 Å². The van der Waals surface area contributed by atoms with Crippen molar-refractivity contribution >= 4 is 33.1 Å². The lowest BCUT2D eigenvalue weighted by molar-refractivity contribution is 0.0528. The summed E-state index contributed by atoms with van der Waals surface area (Å²) in [6.07, 6.45) is 0. The van der Waals surface area contributed by atoms with Gasteiger partial charge in [0.25, 0.3) is 0 Å². The number of esters is 1. The van der Waals surface area contributed by atoms with Gasteiger partial charge in [0.2, 0.25) is 0 Å². The van der Waals surface area contributed by atoms with E-state index >= 15 is 0 Å². The first-order chi connectivity index (χ1) is 13.2. The Hall–Kier alpha value is -3.89. The molecular formula is C23H14N2O2. The predicted octanol–water partition coefficient (Wildman–Crippen LogP) is 4.19. The molecule has 0 amide bonds. The van der Waals surface area contributed by atoms with Crippen LogP contribution in [0.5, 0.6) is 0 Å². The molecule has 0 radical (unpaired) electrons. The fourth-order valence-corrected chi connectivity index (χ4v) is 3.71. The maximum atomic E-state index is 12.5. The molecule has 4 heteroatoms. The summed E-state index contributed by atoms with van der Waals surface area (Å²) in [6.45, 7) is 2.04. The predicted molar refractivity (Wildman–Crippen MR) is 104 cm³/mol. The Labute approximate surface area is 155 Å². The van der Waals surface area contributed by atoms with Crippen LogP contribution in [0.4, 0.5) is 0 Å². The van der Waals surface area contributed by atoms with Gasteiger partial charge < -0.3 is 4.74 Å². The van der Waals surface area contributed by atoms with E-state index in [9.17, 15) is 15.3 Å². The third-order valence-corrected chi connectivity index (χ3v) is 4.75. The first-order valence-electron chi connectivity index (χ1n) is 8.58. The zero-order valence-corrected chi connectivity index (χ0v) is 14.6. The molecule has 0 atom stereocenters. The smallest absolute Gasteiger partial charge is 0.338 e. The van der Waals surface area contributed by atoms with Crippen molar-refractivity contribution in [2.75, 3.05) is 6.61 Å². The highest BCUT2D eigenvalue weighted by atomic mass is 16.5. The van der Waals surface area contributed by atoms with E-state index in [2.05, 4.69) is 0 Å². The Morgan fingerprint density at radius 2 is 1.56 bits per heavy atom. The molecule has 2 aromatic carbocycles. The molecule has 128 valence electrons. The SMILES string of the molecule is CCOC(=O)c1cc2c3c(ccccc1-3)c1ccccc1c2=C(C#N)C#N. The van der Waals surface area contributed by atoms with Crippen molar-refractivity contribution in [2.45, 2.75) is 6.92 Å². The number of hydrogen-bond donors (Lipinski definition) is 0. The Kier molecular flexibility index (Phi) is 3.95. The van der Waals surface area contributed by atoms with Crippen LogP contribution in [0.25, 0.3) is 38.2 Å². The van der Waals surface area contributed by atoms with Crippen molar-refractivity contribution in [1.29, 1.82) is 10.5 Å². The second-order valence-electron chi connectivity index (χ2n) is 6.13. The van der Waals surface area contributed by atoms with Crippen LogP contribution in [0.2, 0.25) is 0 Å². The van der Waals surface area contributed by atoms with Gasteiger partial charge in [-0.2, -0.15) is 10.5 Å². The summed E-state index contributed by atoms with van der Waals surface area (Å²) in [5.74, 6) is -0.410. The second kappa shape index (κ2) is 6.44. The van der Waals surface area contributed by atoms with Crippen molar-refractivity contribution in [3.63, 3.8) is 0 Å². The average molecular weight is 350 g/mol. The van der Waals surface area contributed by atoms with Crippen molar-refractivity contribution in [2.24, 2.45) is 0 Å². The highest BCUT2D eigenvalue weighted by molar-refractivity contribution is 6.19. The normalized spacial score (nSPS) is 10.6. The van der Waals surface area contributed by atoms with Gasteiger partial charge in [-0.1, -0.05) is 48.5 Å². The fraction of sp³-hybridized carbons (Fsp3) is 0.0870. The van der Waals surface area contributed by atoms with E-state index in [0.29, 0.717) is 10.8 Å². The molecule has 0 unspecified atom stereocenters. The Bertz CT molecular complexity index is 1310. The minimum Gasteiger partial charge on any atom is -0.462 e. The highest BCUT2D eigenvalue weighted by Gasteiger charge is 2.24. The van der Waals surface area contributed by atoms with Gasteiger partial charge in [-0.15, -0.1) is 0 Å². The number of fused-ring (bicyclic) bond motifs is 2. The average Bonchev–Trinajstić information content (AvgIpc) is 2.92. The Balaban J connectivity index is 2.34. The molecule has 2 aromatic rings. The fourth-order valence-electron chi connectivity index (χ4n) is 3.71. The van der Waals surface area contributed by atoms with E-state index < -0.39 is 5.97 Å². The van der Waals surface area contributed by atoms with Crippen LogP contribution in [0.3, 0.4) is 0 Å². The molecule has 0 saturated carbocycles. The first kappa shape index (κ1) is 16.6. The number of ether oxygens (including phenoxy) is 1. The van der Waals surface area contributed by atoms with Crippen LogP contribution in [-0.4, -0.2) is 12.6 Å². The van der Waals surface area contributed by atoms with Crippen molar-refractivity contribution < 1.29 is 9.53 Å². The first-order valence-corrected chi connectivity index (χ1v) is 8.58. The van der Waals surface area contributed by atoms with E-state index in [-0.39, 0.29) is 12.2 Å². The topological polar surface area (TPSA) is 73.9 Å². The van der Waals surface area contributed by atoms with Gasteiger partial charge in [-0.3, -0.25) is 0 Å². The maximum Gasteiger partial charge on any atom is 0.338 e. The molecule has 0 spiro atoms. The van der Waals surface area contributed by atoms with E-state index in [1.807, 2.05) is 60.7 Å². The molecule has 0 aliphatic heterocycles. The quantitative estimate of drug-likeness (QED) is 0.508. The van der Waals surface area contributed by atoms with Gasteiger partial charge in [0.05, 0.1) is 12.2 Å². The van der Waals surface area contributed by atoms with Gasteiger partial charge in [-0.05, 0) is 45.7 Å². The molecule has 4 nitrogen and oxygen atoms in total. The van der Waals surface area contributed by atoms with Gasteiger partial charge in [0.1, 0.15) is 17.7 Å². The standard InChI is InChI=1S/C23H14N2O2/c1-2-27-23(26)19-11-20-21(14(12-24)13-25)16-8-4-3-7-15(16)17-9-5-6-10-18(19)22(17)20/h3-11H,2H2,1H3. The van der Waals surface area contributed by atoms with Crippen molar-refractivity contribution in [1.82, 2.24) is 0 Å². The zero-order valence-electron chi connectivity index (χ0n) is 14.6. The Morgan fingerprint density at radius 3 is 2.22 bits per heavy atom. The van der Waals surface area contributed by atoms with E-state index in [1.54, 1.807) is 13.0 Å². The summed E-state index contributed by atoms with van der Waals surface area (Å²) in [5, 5.41) is 23.1. The monoisotopic (exact) mass is 350 g/mol. The number of carbonyl (C=O) groups excluding carboxylic acids is 1. The molecule has 27 heavy (non-hydrogen) atoms. The molecule has 0 aromatic heterocycles. The summed E-state index contributed by atoms with van der Waals surface area (Å²) < 4.78 is 5.23. The molecule has 4 rings (SSSR count). The summed E-state index contributed by atoms with van der Waals surface area (Å²) in [4.78, 5) is 12.5. The number of benzene rings is 2. The number of hydrogen-bond acceptors (Lipinski definition) is 4. The lowest BCUT2D eigenvalue weighted by Crippen LogP contribution is -2.08. The van der Waals surface area contributed by atoms with Crippen LogP contribution in [0.15, 0.2) is 54.6 Å². The minimum atomic E-state index is -0.410. The molecule has 0 heterocycles. The van der Waals surface area contributed by atoms with Crippen molar-refractivity contribution in [3.05, 3.63) is 65.4 Å². The molecule has 0 fully saturated rings. The van der Waals surface area contributed by atoms with Crippen LogP contribution in [-0.2, 0) is 4.74 Å². The van der Waals surface area contributed by atoms with Gasteiger partial charge >= 0.3 is 5.97 Å². The number of carbonyl (C=O) groups is 1. The van der Waals surface area contributed by atoms with E-state index in [4.69, 9.17) is 4.74 Å². The number of nitriles is 2. The molecule has 2 aliphatic rings. The summed E-state index contributed by atoms with van der Waals surface area (Å²) in [5.41, 5.74) is 2.09. The van der Waals surface area contributed by atoms with Crippen LogP contribution in [0.1, 0.15) is 17.3 Å². The lowest BCUT2D eigenvalue weighted by Gasteiger charge is -2.09. The number of nitrogens with zero attached hydrogens (tertiary/aromatic N) is 2. The summed E-state index contributed by atoms with van der Waals surface area (Å²) in [7, 11) is 0. The van der Waals surface area contributed by atoms with Gasteiger partial charge in [0, 0.05) is 5.22 Å². The van der Waals surface area contributed by atoms with Crippen LogP contribution < -0.4 is 5.22 Å². The molecule has 2 aliphatic carbocycles. The lowest BCUT2D eigenvalue weighted by atomic mass is 9.93. The van der Waals surface area contributed by atoms with E-state index in [1.165, 1.54) is 0 Å². The van der Waals surface area contributed by atoms with Crippen molar-refractivity contribution in [3.8, 4) is 23.3 Å². The van der Waals surface area contributed by atoms with Crippen LogP contribution >= 0.6 is 0 Å². The maximum absolute atomic E-state index is 12.5. The third-order valence-electron chi connectivity index (χ3n) is 4.75. The minimum absolute atomic E-state index is 0.0296. The number of rotatable bonds is 2. The molecule has 0 bridgehead atoms. The summed E-state index contributed by atoms with van der Waals surface area (Å²) >= 11 is 0. The second-order valence-corrected chi connectivity index (χ2v) is 6.13. The largest absolute Gasteiger partial charge is 0.462 e. The van der Waals surface area contributed by atoms with Gasteiger partial charge in [0.15, 0.2) is 0 Å². The molecular weight excluding hydrogens is 336 g/mol. The van der Waals surface area contributed by atoms with Crippen LogP contribution in [0, 0.1) is 22.7 Å². The zero-order chi connectivity index (χ0) is 19.0. The Morgan fingerprint density at radius 1 is 0.926 bits per heavy atom. The molecule has 0 N–H and O–H groups in total.